The smallest absolute Gasteiger partial charge is 0.266 e. The second-order valence-corrected chi connectivity index (χ2v) is 8.37. The number of hydrogen-bond acceptors (Lipinski definition) is 5. The molecule has 0 aliphatic rings. The van der Waals surface area contributed by atoms with Gasteiger partial charge in [0.25, 0.3) is 10.0 Å². The SMILES string of the molecule is COc1ccc(N(Cc2ccccc2)S(=O)(=O)c2cc(C(=O)[O-])ccc2Cl)cc1. The van der Waals surface area contributed by atoms with Gasteiger partial charge >= 0.3 is 0 Å². The number of carbonyl (C=O) groups is 1. The molecule has 150 valence electrons. The lowest BCUT2D eigenvalue weighted by atomic mass is 10.2. The molecule has 3 aromatic carbocycles. The Labute approximate surface area is 174 Å². The number of carboxylic acid groups (broad SMARTS) is 1. The van der Waals surface area contributed by atoms with Crippen LogP contribution in [0.1, 0.15) is 15.9 Å². The molecular formula is C21H17ClNO5S-. The molecule has 29 heavy (non-hydrogen) atoms. The van der Waals surface area contributed by atoms with Crippen LogP contribution in [0, 0.1) is 0 Å². The summed E-state index contributed by atoms with van der Waals surface area (Å²) in [5, 5.41) is 11.1. The maximum absolute atomic E-state index is 13.5. The van der Waals surface area contributed by atoms with Gasteiger partial charge in [0.05, 0.1) is 30.3 Å². The number of nitrogens with zero attached hydrogens (tertiary/aromatic N) is 1. The minimum absolute atomic E-state index is 0.0291. The molecule has 3 rings (SSSR count). The van der Waals surface area contributed by atoms with Crippen molar-refractivity contribution >= 4 is 33.3 Å². The van der Waals surface area contributed by atoms with Gasteiger partial charge in [0.1, 0.15) is 10.6 Å². The molecule has 0 saturated carbocycles. The maximum atomic E-state index is 13.5. The number of benzene rings is 3. The van der Waals surface area contributed by atoms with E-state index in [2.05, 4.69) is 0 Å². The number of methoxy groups -OCH3 is 1. The molecule has 3 aromatic rings. The molecule has 0 aromatic heterocycles. The minimum Gasteiger partial charge on any atom is -0.545 e. The third-order valence-electron chi connectivity index (χ3n) is 4.26. The number of carbonyl (C=O) groups excluding carboxylic acids is 1. The van der Waals surface area contributed by atoms with Crippen molar-refractivity contribution in [2.45, 2.75) is 11.4 Å². The molecule has 0 saturated heterocycles. The van der Waals surface area contributed by atoms with Crippen molar-refractivity contribution in [1.82, 2.24) is 0 Å². The van der Waals surface area contributed by atoms with Crippen LogP contribution < -0.4 is 14.1 Å². The predicted molar refractivity (Wildman–Crippen MR) is 109 cm³/mol. The zero-order valence-electron chi connectivity index (χ0n) is 15.4. The molecule has 0 heterocycles. The van der Waals surface area contributed by atoms with Crippen molar-refractivity contribution in [2.75, 3.05) is 11.4 Å². The number of ether oxygens (including phenoxy) is 1. The largest absolute Gasteiger partial charge is 0.545 e. The molecular weight excluding hydrogens is 414 g/mol. The van der Waals surface area contributed by atoms with Gasteiger partial charge in [-0.25, -0.2) is 8.42 Å². The summed E-state index contributed by atoms with van der Waals surface area (Å²) in [6.45, 7) is 0.0291. The monoisotopic (exact) mass is 430 g/mol. The second-order valence-electron chi connectivity index (χ2n) is 6.13. The van der Waals surface area contributed by atoms with Gasteiger partial charge in [-0.1, -0.05) is 48.0 Å². The molecule has 0 amide bonds. The Bertz CT molecular complexity index is 1120. The first-order valence-electron chi connectivity index (χ1n) is 8.54. The molecule has 6 nitrogen and oxygen atoms in total. The number of anilines is 1. The Morgan fingerprint density at radius 3 is 2.28 bits per heavy atom. The van der Waals surface area contributed by atoms with Crippen molar-refractivity contribution in [3.63, 3.8) is 0 Å². The molecule has 8 heteroatoms. The third kappa shape index (κ3) is 4.52. The Morgan fingerprint density at radius 1 is 1.03 bits per heavy atom. The number of sulfonamides is 1. The average Bonchev–Trinajstić information content (AvgIpc) is 2.73. The fourth-order valence-electron chi connectivity index (χ4n) is 2.76. The van der Waals surface area contributed by atoms with Crippen LogP contribution in [0.5, 0.6) is 5.75 Å². The highest BCUT2D eigenvalue weighted by Crippen LogP contribution is 2.31. The van der Waals surface area contributed by atoms with Gasteiger partial charge in [-0.2, -0.15) is 0 Å². The van der Waals surface area contributed by atoms with E-state index in [1.807, 2.05) is 6.07 Å². The Morgan fingerprint density at radius 2 is 1.69 bits per heavy atom. The summed E-state index contributed by atoms with van der Waals surface area (Å²) in [5.41, 5.74) is 0.853. The van der Waals surface area contributed by atoms with Crippen LogP contribution >= 0.6 is 11.6 Å². The van der Waals surface area contributed by atoms with Crippen LogP contribution in [0.3, 0.4) is 0 Å². The summed E-state index contributed by atoms with van der Waals surface area (Å²) >= 11 is 6.13. The number of rotatable bonds is 7. The van der Waals surface area contributed by atoms with Crippen molar-refractivity contribution in [3.05, 3.63) is 88.9 Å². The summed E-state index contributed by atoms with van der Waals surface area (Å²) in [4.78, 5) is 10.9. The molecule has 0 unspecified atom stereocenters. The lowest BCUT2D eigenvalue weighted by molar-refractivity contribution is -0.255. The lowest BCUT2D eigenvalue weighted by Gasteiger charge is -2.25. The van der Waals surface area contributed by atoms with Crippen molar-refractivity contribution in [3.8, 4) is 5.75 Å². The third-order valence-corrected chi connectivity index (χ3v) is 6.52. The molecule has 0 radical (unpaired) electrons. The van der Waals surface area contributed by atoms with Gasteiger partial charge in [-0.15, -0.1) is 0 Å². The van der Waals surface area contributed by atoms with E-state index in [4.69, 9.17) is 16.3 Å². The zero-order chi connectivity index (χ0) is 21.0. The van der Waals surface area contributed by atoms with Crippen LogP contribution in [-0.2, 0) is 16.6 Å². The van der Waals surface area contributed by atoms with E-state index in [0.717, 1.165) is 11.6 Å². The molecule has 0 spiro atoms. The highest BCUT2D eigenvalue weighted by Gasteiger charge is 2.28. The van der Waals surface area contributed by atoms with Crippen LogP contribution in [0.2, 0.25) is 5.02 Å². The number of halogens is 1. The normalized spacial score (nSPS) is 11.1. The minimum atomic E-state index is -4.19. The number of hydrogen-bond donors (Lipinski definition) is 0. The molecule has 0 N–H and O–H groups in total. The van der Waals surface area contributed by atoms with Crippen LogP contribution in [0.4, 0.5) is 5.69 Å². The maximum Gasteiger partial charge on any atom is 0.266 e. The van der Waals surface area contributed by atoms with Crippen molar-refractivity contribution in [1.29, 1.82) is 0 Å². The van der Waals surface area contributed by atoms with Gasteiger partial charge < -0.3 is 14.6 Å². The van der Waals surface area contributed by atoms with Crippen molar-refractivity contribution in [2.24, 2.45) is 0 Å². The molecule has 0 fully saturated rings. The number of carboxylic acids is 1. The summed E-state index contributed by atoms with van der Waals surface area (Å²) in [5.74, 6) is -0.917. The van der Waals surface area contributed by atoms with E-state index in [0.29, 0.717) is 11.4 Å². The molecule has 0 atom stereocenters. The Kier molecular flexibility index (Phi) is 6.10. The van der Waals surface area contributed by atoms with E-state index in [-0.39, 0.29) is 22.0 Å². The van der Waals surface area contributed by atoms with Gasteiger partial charge in [0.15, 0.2) is 0 Å². The molecule has 0 bridgehead atoms. The van der Waals surface area contributed by atoms with E-state index in [1.54, 1.807) is 48.5 Å². The van der Waals surface area contributed by atoms with Crippen LogP contribution in [-0.4, -0.2) is 21.5 Å². The van der Waals surface area contributed by atoms with E-state index >= 15 is 0 Å². The molecule has 0 aliphatic carbocycles. The quantitative estimate of drug-likeness (QED) is 0.574. The zero-order valence-corrected chi connectivity index (χ0v) is 17.0. The highest BCUT2D eigenvalue weighted by atomic mass is 35.5. The second kappa shape index (κ2) is 8.55. The van der Waals surface area contributed by atoms with Crippen LogP contribution in [0.25, 0.3) is 0 Å². The fraction of sp³-hybridized carbons (Fsp3) is 0.0952. The fourth-order valence-corrected chi connectivity index (χ4v) is 4.72. The van der Waals surface area contributed by atoms with E-state index < -0.39 is 16.0 Å². The average molecular weight is 431 g/mol. The van der Waals surface area contributed by atoms with Crippen LogP contribution in [0.15, 0.2) is 77.7 Å². The number of aromatic carboxylic acids is 1. The summed E-state index contributed by atoms with van der Waals surface area (Å²) in [6, 6.07) is 19.0. The predicted octanol–water partition coefficient (Wildman–Crippen LogP) is 3.11. The highest BCUT2D eigenvalue weighted by molar-refractivity contribution is 7.93. The lowest BCUT2D eigenvalue weighted by Crippen LogP contribution is -2.31. The first kappa shape index (κ1) is 20.7. The Balaban J connectivity index is 2.13. The first-order chi connectivity index (χ1) is 13.8. The first-order valence-corrected chi connectivity index (χ1v) is 10.4. The van der Waals surface area contributed by atoms with Crippen molar-refractivity contribution < 1.29 is 23.1 Å². The summed E-state index contributed by atoms with van der Waals surface area (Å²) < 4.78 is 33.3. The van der Waals surface area contributed by atoms with E-state index in [1.165, 1.54) is 23.5 Å². The molecule has 0 aliphatic heterocycles. The van der Waals surface area contributed by atoms with Gasteiger partial charge in [0.2, 0.25) is 0 Å². The summed E-state index contributed by atoms with van der Waals surface area (Å²) in [7, 11) is -2.68. The van der Waals surface area contributed by atoms with Gasteiger partial charge in [-0.3, -0.25) is 4.31 Å². The standard InChI is InChI=1S/C21H18ClNO5S/c1-28-18-10-8-17(9-11-18)23(14-15-5-3-2-4-6-15)29(26,27)20-13-16(21(24)25)7-12-19(20)22/h2-13H,14H2,1H3,(H,24,25)/p-1. The summed E-state index contributed by atoms with van der Waals surface area (Å²) in [6.07, 6.45) is 0. The topological polar surface area (TPSA) is 86.7 Å². The Hall–Kier alpha value is -3.03. The van der Waals surface area contributed by atoms with Gasteiger partial charge in [0, 0.05) is 0 Å². The van der Waals surface area contributed by atoms with E-state index in [9.17, 15) is 18.3 Å². The van der Waals surface area contributed by atoms with Gasteiger partial charge in [-0.05, 0) is 47.5 Å².